The van der Waals surface area contributed by atoms with Crippen molar-refractivity contribution in [2.75, 3.05) is 17.2 Å². The van der Waals surface area contributed by atoms with Crippen LogP contribution in [0.4, 0.5) is 11.4 Å². The first-order valence-electron chi connectivity index (χ1n) is 6.40. The van der Waals surface area contributed by atoms with E-state index in [1.807, 2.05) is 24.3 Å². The fourth-order valence-corrected chi connectivity index (χ4v) is 2.31. The van der Waals surface area contributed by atoms with Crippen LogP contribution in [0.3, 0.4) is 0 Å². The lowest BCUT2D eigenvalue weighted by Gasteiger charge is -2.31. The third kappa shape index (κ3) is 2.48. The van der Waals surface area contributed by atoms with Gasteiger partial charge < -0.3 is 10.6 Å². The van der Waals surface area contributed by atoms with Crippen LogP contribution in [0.25, 0.3) is 0 Å². The minimum atomic E-state index is 0.320. The van der Waals surface area contributed by atoms with Gasteiger partial charge in [0.1, 0.15) is 0 Å². The number of rotatable bonds is 4. The summed E-state index contributed by atoms with van der Waals surface area (Å²) >= 11 is 0. The van der Waals surface area contributed by atoms with Crippen molar-refractivity contribution in [3.8, 4) is 0 Å². The molecule has 0 saturated carbocycles. The standard InChI is InChI=1S/C16H20N2/c1-3-18(16-12-8-7-11-15(16)17)13(2)14-9-5-4-6-10-14/h4-13H,3,17H2,1-2H3. The number of anilines is 2. The number of nitrogens with two attached hydrogens (primary N) is 1. The third-order valence-corrected chi connectivity index (χ3v) is 3.34. The highest BCUT2D eigenvalue weighted by atomic mass is 15.2. The average Bonchev–Trinajstić information content (AvgIpc) is 2.42. The Morgan fingerprint density at radius 3 is 2.22 bits per heavy atom. The number of benzene rings is 2. The lowest BCUT2D eigenvalue weighted by atomic mass is 10.1. The van der Waals surface area contributed by atoms with Crippen molar-refractivity contribution in [1.82, 2.24) is 0 Å². The zero-order valence-electron chi connectivity index (χ0n) is 11.0. The lowest BCUT2D eigenvalue weighted by molar-refractivity contribution is 0.691. The van der Waals surface area contributed by atoms with E-state index in [-0.39, 0.29) is 0 Å². The molecule has 2 aromatic carbocycles. The summed E-state index contributed by atoms with van der Waals surface area (Å²) in [7, 11) is 0. The summed E-state index contributed by atoms with van der Waals surface area (Å²) in [4.78, 5) is 2.32. The Balaban J connectivity index is 2.32. The van der Waals surface area contributed by atoms with Crippen LogP contribution in [0.2, 0.25) is 0 Å². The van der Waals surface area contributed by atoms with Gasteiger partial charge in [-0.05, 0) is 31.5 Å². The molecule has 0 fully saturated rings. The van der Waals surface area contributed by atoms with Gasteiger partial charge in [-0.3, -0.25) is 0 Å². The van der Waals surface area contributed by atoms with Crippen LogP contribution < -0.4 is 10.6 Å². The summed E-state index contributed by atoms with van der Waals surface area (Å²) < 4.78 is 0. The summed E-state index contributed by atoms with van der Waals surface area (Å²) in [5.41, 5.74) is 9.32. The predicted octanol–water partition coefficient (Wildman–Crippen LogP) is 3.86. The fraction of sp³-hybridized carbons (Fsp3) is 0.250. The Labute approximate surface area is 109 Å². The summed E-state index contributed by atoms with van der Waals surface area (Å²) in [5.74, 6) is 0. The first kappa shape index (κ1) is 12.5. The van der Waals surface area contributed by atoms with Crippen LogP contribution in [-0.2, 0) is 0 Å². The molecule has 0 aliphatic rings. The molecule has 94 valence electrons. The highest BCUT2D eigenvalue weighted by molar-refractivity contribution is 5.68. The molecule has 2 N–H and O–H groups in total. The van der Waals surface area contributed by atoms with E-state index >= 15 is 0 Å². The topological polar surface area (TPSA) is 29.3 Å². The number of hydrogen-bond acceptors (Lipinski definition) is 2. The van der Waals surface area contributed by atoms with E-state index in [9.17, 15) is 0 Å². The van der Waals surface area contributed by atoms with Gasteiger partial charge in [-0.15, -0.1) is 0 Å². The van der Waals surface area contributed by atoms with E-state index < -0.39 is 0 Å². The largest absolute Gasteiger partial charge is 0.397 e. The van der Waals surface area contributed by atoms with Crippen LogP contribution in [0.5, 0.6) is 0 Å². The Hall–Kier alpha value is -1.96. The van der Waals surface area contributed by atoms with Crippen molar-refractivity contribution in [2.24, 2.45) is 0 Å². The van der Waals surface area contributed by atoms with E-state index in [4.69, 9.17) is 5.73 Å². The summed E-state index contributed by atoms with van der Waals surface area (Å²) in [6.45, 7) is 5.31. The van der Waals surface area contributed by atoms with Crippen LogP contribution in [0.15, 0.2) is 54.6 Å². The Bertz CT molecular complexity index is 493. The Morgan fingerprint density at radius 2 is 1.61 bits per heavy atom. The number of nitrogens with zero attached hydrogens (tertiary/aromatic N) is 1. The smallest absolute Gasteiger partial charge is 0.0604 e. The van der Waals surface area contributed by atoms with Gasteiger partial charge in [0.05, 0.1) is 17.4 Å². The molecule has 0 saturated heterocycles. The maximum Gasteiger partial charge on any atom is 0.0604 e. The van der Waals surface area contributed by atoms with Gasteiger partial charge >= 0.3 is 0 Å². The van der Waals surface area contributed by atoms with Crippen LogP contribution in [-0.4, -0.2) is 6.54 Å². The molecule has 0 aliphatic carbocycles. The molecular weight excluding hydrogens is 220 g/mol. The number of nitrogen functional groups attached to an aromatic ring is 1. The second kappa shape index (κ2) is 5.58. The number of para-hydroxylation sites is 2. The van der Waals surface area contributed by atoms with Crippen molar-refractivity contribution < 1.29 is 0 Å². The average molecular weight is 240 g/mol. The monoisotopic (exact) mass is 240 g/mol. The van der Waals surface area contributed by atoms with Gasteiger partial charge in [-0.25, -0.2) is 0 Å². The molecule has 0 aliphatic heterocycles. The molecule has 0 radical (unpaired) electrons. The summed E-state index contributed by atoms with van der Waals surface area (Å²) in [6, 6.07) is 18.9. The van der Waals surface area contributed by atoms with Crippen LogP contribution in [0.1, 0.15) is 25.5 Å². The Kier molecular flexibility index (Phi) is 3.88. The highest BCUT2D eigenvalue weighted by Crippen LogP contribution is 2.30. The molecular formula is C16H20N2. The number of hydrogen-bond donors (Lipinski definition) is 1. The van der Waals surface area contributed by atoms with E-state index in [0.717, 1.165) is 17.9 Å². The highest BCUT2D eigenvalue weighted by Gasteiger charge is 2.16. The predicted molar refractivity (Wildman–Crippen MR) is 78.7 cm³/mol. The van der Waals surface area contributed by atoms with Gasteiger partial charge in [0, 0.05) is 6.54 Å². The maximum absolute atomic E-state index is 6.07. The van der Waals surface area contributed by atoms with Gasteiger partial charge in [0.2, 0.25) is 0 Å². The SMILES string of the molecule is CCN(c1ccccc1N)C(C)c1ccccc1. The molecule has 0 heterocycles. The molecule has 1 atom stereocenters. The zero-order chi connectivity index (χ0) is 13.0. The quantitative estimate of drug-likeness (QED) is 0.822. The van der Waals surface area contributed by atoms with Crippen molar-refractivity contribution in [3.63, 3.8) is 0 Å². The fourth-order valence-electron chi connectivity index (χ4n) is 2.31. The minimum Gasteiger partial charge on any atom is -0.397 e. The Morgan fingerprint density at radius 1 is 1.00 bits per heavy atom. The van der Waals surface area contributed by atoms with Crippen LogP contribution in [0, 0.1) is 0 Å². The molecule has 18 heavy (non-hydrogen) atoms. The van der Waals surface area contributed by atoms with E-state index in [1.165, 1.54) is 5.56 Å². The van der Waals surface area contributed by atoms with E-state index in [2.05, 4.69) is 49.1 Å². The summed E-state index contributed by atoms with van der Waals surface area (Å²) in [5, 5.41) is 0. The second-order valence-corrected chi connectivity index (χ2v) is 4.43. The third-order valence-electron chi connectivity index (χ3n) is 3.34. The minimum absolute atomic E-state index is 0.320. The molecule has 1 unspecified atom stereocenters. The van der Waals surface area contributed by atoms with Gasteiger partial charge in [-0.2, -0.15) is 0 Å². The van der Waals surface area contributed by atoms with E-state index in [1.54, 1.807) is 0 Å². The van der Waals surface area contributed by atoms with Gasteiger partial charge in [-0.1, -0.05) is 42.5 Å². The molecule has 0 amide bonds. The maximum atomic E-state index is 6.07. The molecule has 0 spiro atoms. The molecule has 2 aromatic rings. The van der Waals surface area contributed by atoms with Gasteiger partial charge in [0.25, 0.3) is 0 Å². The van der Waals surface area contributed by atoms with Crippen molar-refractivity contribution in [2.45, 2.75) is 19.9 Å². The molecule has 2 nitrogen and oxygen atoms in total. The summed E-state index contributed by atoms with van der Waals surface area (Å²) in [6.07, 6.45) is 0. The zero-order valence-corrected chi connectivity index (χ0v) is 11.0. The molecule has 0 bridgehead atoms. The molecule has 2 rings (SSSR count). The normalized spacial score (nSPS) is 12.1. The second-order valence-electron chi connectivity index (χ2n) is 4.43. The van der Waals surface area contributed by atoms with Crippen molar-refractivity contribution in [1.29, 1.82) is 0 Å². The first-order valence-corrected chi connectivity index (χ1v) is 6.40. The first-order chi connectivity index (χ1) is 8.74. The van der Waals surface area contributed by atoms with E-state index in [0.29, 0.717) is 6.04 Å². The lowest BCUT2D eigenvalue weighted by Crippen LogP contribution is -2.27. The van der Waals surface area contributed by atoms with Crippen LogP contribution >= 0.6 is 0 Å². The van der Waals surface area contributed by atoms with Crippen molar-refractivity contribution in [3.05, 3.63) is 60.2 Å². The molecule has 2 heteroatoms. The van der Waals surface area contributed by atoms with Gasteiger partial charge in [0.15, 0.2) is 0 Å². The molecule has 0 aromatic heterocycles. The van der Waals surface area contributed by atoms with Crippen molar-refractivity contribution >= 4 is 11.4 Å².